The van der Waals surface area contributed by atoms with E-state index in [1.165, 1.54) is 11.3 Å². The maximum Gasteiger partial charge on any atom is 0.252 e. The van der Waals surface area contributed by atoms with Gasteiger partial charge < -0.3 is 10.1 Å². The quantitative estimate of drug-likeness (QED) is 0.736. The van der Waals surface area contributed by atoms with E-state index in [1.807, 2.05) is 71.4 Å². The number of hydrogen-bond acceptors (Lipinski definition) is 3. The molecule has 2 aromatic carbocycles. The first-order chi connectivity index (χ1) is 11.3. The van der Waals surface area contributed by atoms with Crippen LogP contribution in [-0.2, 0) is 13.2 Å². The molecule has 0 aliphatic carbocycles. The van der Waals surface area contributed by atoms with Gasteiger partial charge in [-0.05, 0) is 34.7 Å². The summed E-state index contributed by atoms with van der Waals surface area (Å²) in [5.74, 6) is 0.775. The number of nitrogens with one attached hydrogen (secondary N) is 1. The van der Waals surface area contributed by atoms with E-state index in [1.54, 1.807) is 0 Å². The van der Waals surface area contributed by atoms with Gasteiger partial charge in [0.25, 0.3) is 5.91 Å². The molecule has 1 N–H and O–H groups in total. The number of benzene rings is 2. The largest absolute Gasteiger partial charge is 0.489 e. The van der Waals surface area contributed by atoms with E-state index in [0.29, 0.717) is 18.7 Å². The van der Waals surface area contributed by atoms with E-state index in [9.17, 15) is 4.79 Å². The second kappa shape index (κ2) is 7.61. The van der Waals surface area contributed by atoms with Crippen molar-refractivity contribution in [3.8, 4) is 5.75 Å². The van der Waals surface area contributed by atoms with Gasteiger partial charge in [0, 0.05) is 17.5 Å². The molecule has 1 heterocycles. The Kier molecular flexibility index (Phi) is 5.06. The summed E-state index contributed by atoms with van der Waals surface area (Å²) in [5.41, 5.74) is 2.89. The van der Waals surface area contributed by atoms with Crippen LogP contribution in [0.1, 0.15) is 21.5 Å². The molecule has 0 aliphatic rings. The normalized spacial score (nSPS) is 10.3. The first-order valence-corrected chi connectivity index (χ1v) is 8.31. The summed E-state index contributed by atoms with van der Waals surface area (Å²) in [6.07, 6.45) is 0. The van der Waals surface area contributed by atoms with E-state index >= 15 is 0 Å². The lowest BCUT2D eigenvalue weighted by Gasteiger charge is -2.08. The summed E-state index contributed by atoms with van der Waals surface area (Å²) in [6.45, 7) is 1.06. The topological polar surface area (TPSA) is 38.3 Å². The van der Waals surface area contributed by atoms with Crippen molar-refractivity contribution in [2.45, 2.75) is 13.2 Å². The molecule has 0 spiro atoms. The van der Waals surface area contributed by atoms with Crippen molar-refractivity contribution in [3.63, 3.8) is 0 Å². The molecule has 0 bridgehead atoms. The lowest BCUT2D eigenvalue weighted by atomic mass is 10.2. The molecule has 0 saturated heterocycles. The molecule has 3 aromatic rings. The van der Waals surface area contributed by atoms with Gasteiger partial charge in [0.2, 0.25) is 0 Å². The second-order valence-corrected chi connectivity index (χ2v) is 5.89. The highest BCUT2D eigenvalue weighted by molar-refractivity contribution is 7.08. The molecule has 116 valence electrons. The zero-order valence-electron chi connectivity index (χ0n) is 12.6. The average Bonchev–Trinajstić information content (AvgIpc) is 3.14. The molecule has 0 aliphatic heterocycles. The van der Waals surface area contributed by atoms with E-state index in [2.05, 4.69) is 5.32 Å². The fraction of sp³-hybridized carbons (Fsp3) is 0.105. The molecule has 0 unspecified atom stereocenters. The van der Waals surface area contributed by atoms with Crippen LogP contribution in [-0.4, -0.2) is 5.91 Å². The standard InChI is InChI=1S/C19H17NO2S/c21-19(17-10-11-23-14-17)20-12-15-6-8-18(9-7-15)22-13-16-4-2-1-3-5-16/h1-11,14H,12-13H2,(H,20,21). The van der Waals surface area contributed by atoms with Crippen LogP contribution in [0.15, 0.2) is 71.4 Å². The van der Waals surface area contributed by atoms with Gasteiger partial charge in [-0.25, -0.2) is 0 Å². The predicted molar refractivity (Wildman–Crippen MR) is 92.7 cm³/mol. The number of ether oxygens (including phenoxy) is 1. The Labute approximate surface area is 139 Å². The van der Waals surface area contributed by atoms with Gasteiger partial charge >= 0.3 is 0 Å². The summed E-state index contributed by atoms with van der Waals surface area (Å²) >= 11 is 1.52. The van der Waals surface area contributed by atoms with Gasteiger partial charge in [0.15, 0.2) is 0 Å². The lowest BCUT2D eigenvalue weighted by molar-refractivity contribution is 0.0951. The summed E-state index contributed by atoms with van der Waals surface area (Å²) in [5, 5.41) is 6.65. The van der Waals surface area contributed by atoms with Gasteiger partial charge in [0.1, 0.15) is 12.4 Å². The molecule has 4 heteroatoms. The van der Waals surface area contributed by atoms with Crippen LogP contribution in [0.5, 0.6) is 5.75 Å². The maximum atomic E-state index is 11.9. The molecular formula is C19H17NO2S. The molecule has 0 saturated carbocycles. The average molecular weight is 323 g/mol. The van der Waals surface area contributed by atoms with Gasteiger partial charge in [-0.1, -0.05) is 42.5 Å². The van der Waals surface area contributed by atoms with Crippen molar-refractivity contribution < 1.29 is 9.53 Å². The third kappa shape index (κ3) is 4.44. The minimum absolute atomic E-state index is 0.0457. The Morgan fingerprint density at radius 3 is 2.43 bits per heavy atom. The number of thiophene rings is 1. The predicted octanol–water partition coefficient (Wildman–Crippen LogP) is 4.26. The fourth-order valence-corrected chi connectivity index (χ4v) is 2.76. The van der Waals surface area contributed by atoms with E-state index in [0.717, 1.165) is 16.9 Å². The van der Waals surface area contributed by atoms with Crippen LogP contribution in [0.25, 0.3) is 0 Å². The molecule has 3 nitrogen and oxygen atoms in total. The Balaban J connectivity index is 1.50. The summed E-state index contributed by atoms with van der Waals surface area (Å²) in [6, 6.07) is 19.7. The lowest BCUT2D eigenvalue weighted by Crippen LogP contribution is -2.22. The fourth-order valence-electron chi connectivity index (χ4n) is 2.12. The van der Waals surface area contributed by atoms with Gasteiger partial charge in [-0.3, -0.25) is 4.79 Å². The SMILES string of the molecule is O=C(NCc1ccc(OCc2ccccc2)cc1)c1ccsc1. The smallest absolute Gasteiger partial charge is 0.252 e. The van der Waals surface area contributed by atoms with Crippen LogP contribution in [0.2, 0.25) is 0 Å². The monoisotopic (exact) mass is 323 g/mol. The van der Waals surface area contributed by atoms with Crippen LogP contribution >= 0.6 is 11.3 Å². The third-order valence-electron chi connectivity index (χ3n) is 3.41. The Morgan fingerprint density at radius 1 is 0.957 bits per heavy atom. The minimum Gasteiger partial charge on any atom is -0.489 e. The molecule has 1 amide bonds. The summed E-state index contributed by atoms with van der Waals surface area (Å²) in [4.78, 5) is 11.9. The van der Waals surface area contributed by atoms with Crippen molar-refractivity contribution in [2.75, 3.05) is 0 Å². The minimum atomic E-state index is -0.0457. The number of carbonyl (C=O) groups is 1. The van der Waals surface area contributed by atoms with E-state index < -0.39 is 0 Å². The molecular weight excluding hydrogens is 306 g/mol. The van der Waals surface area contributed by atoms with Crippen LogP contribution < -0.4 is 10.1 Å². The van der Waals surface area contributed by atoms with E-state index in [4.69, 9.17) is 4.74 Å². The number of hydrogen-bond donors (Lipinski definition) is 1. The van der Waals surface area contributed by atoms with Crippen LogP contribution in [0.3, 0.4) is 0 Å². The third-order valence-corrected chi connectivity index (χ3v) is 4.09. The van der Waals surface area contributed by atoms with Crippen LogP contribution in [0.4, 0.5) is 0 Å². The van der Waals surface area contributed by atoms with Gasteiger partial charge in [-0.15, -0.1) is 0 Å². The van der Waals surface area contributed by atoms with Gasteiger partial charge in [0.05, 0.1) is 0 Å². The van der Waals surface area contributed by atoms with Crippen molar-refractivity contribution in [1.82, 2.24) is 5.32 Å². The molecule has 1 aromatic heterocycles. The van der Waals surface area contributed by atoms with Crippen molar-refractivity contribution >= 4 is 17.2 Å². The van der Waals surface area contributed by atoms with E-state index in [-0.39, 0.29) is 5.91 Å². The number of amides is 1. The highest BCUT2D eigenvalue weighted by Gasteiger charge is 2.05. The summed E-state index contributed by atoms with van der Waals surface area (Å²) < 4.78 is 5.75. The highest BCUT2D eigenvalue weighted by Crippen LogP contribution is 2.14. The Morgan fingerprint density at radius 2 is 1.74 bits per heavy atom. The Bertz CT molecular complexity index is 737. The van der Waals surface area contributed by atoms with Crippen molar-refractivity contribution in [2.24, 2.45) is 0 Å². The molecule has 23 heavy (non-hydrogen) atoms. The first-order valence-electron chi connectivity index (χ1n) is 7.37. The second-order valence-electron chi connectivity index (χ2n) is 5.11. The van der Waals surface area contributed by atoms with Crippen molar-refractivity contribution in [1.29, 1.82) is 0 Å². The zero-order valence-corrected chi connectivity index (χ0v) is 13.4. The maximum absolute atomic E-state index is 11.9. The highest BCUT2D eigenvalue weighted by atomic mass is 32.1. The molecule has 0 atom stereocenters. The Hall–Kier alpha value is -2.59. The van der Waals surface area contributed by atoms with Gasteiger partial charge in [-0.2, -0.15) is 11.3 Å². The number of carbonyl (C=O) groups excluding carboxylic acids is 1. The molecule has 0 radical (unpaired) electrons. The van der Waals surface area contributed by atoms with Crippen molar-refractivity contribution in [3.05, 3.63) is 88.1 Å². The molecule has 0 fully saturated rings. The zero-order chi connectivity index (χ0) is 15.9. The number of rotatable bonds is 6. The molecule has 3 rings (SSSR count). The van der Waals surface area contributed by atoms with Crippen LogP contribution in [0, 0.1) is 0 Å². The summed E-state index contributed by atoms with van der Waals surface area (Å²) in [7, 11) is 0. The first kappa shape index (κ1) is 15.3.